The summed E-state index contributed by atoms with van der Waals surface area (Å²) in [5.74, 6) is -0.842. The molecular formula is C25H22N2O3. The van der Waals surface area contributed by atoms with Crippen molar-refractivity contribution in [1.82, 2.24) is 0 Å². The molecule has 0 saturated heterocycles. The fraction of sp³-hybridized carbons (Fsp3) is 0.120. The first-order chi connectivity index (χ1) is 14.7. The van der Waals surface area contributed by atoms with Crippen LogP contribution in [-0.4, -0.2) is 11.8 Å². The second-order valence-electron chi connectivity index (χ2n) is 6.98. The predicted molar refractivity (Wildman–Crippen MR) is 119 cm³/mol. The number of amides is 2. The van der Waals surface area contributed by atoms with Crippen LogP contribution in [0.2, 0.25) is 0 Å². The number of anilines is 2. The predicted octanol–water partition coefficient (Wildman–Crippen LogP) is 5.82. The molecule has 0 radical (unpaired) electrons. The van der Waals surface area contributed by atoms with E-state index in [1.165, 1.54) is 0 Å². The van der Waals surface area contributed by atoms with E-state index in [2.05, 4.69) is 10.6 Å². The van der Waals surface area contributed by atoms with Gasteiger partial charge in [-0.15, -0.1) is 0 Å². The molecule has 0 saturated carbocycles. The van der Waals surface area contributed by atoms with Gasteiger partial charge in [-0.25, -0.2) is 0 Å². The van der Waals surface area contributed by atoms with E-state index in [1.807, 2.05) is 73.7 Å². The molecule has 1 aromatic heterocycles. The van der Waals surface area contributed by atoms with E-state index in [4.69, 9.17) is 4.42 Å². The van der Waals surface area contributed by atoms with Crippen LogP contribution in [0.3, 0.4) is 0 Å². The summed E-state index contributed by atoms with van der Waals surface area (Å²) < 4.78 is 5.83. The van der Waals surface area contributed by atoms with Gasteiger partial charge in [0.15, 0.2) is 0 Å². The summed E-state index contributed by atoms with van der Waals surface area (Å²) in [6, 6.07) is 26.0. The first-order valence-electron chi connectivity index (χ1n) is 9.91. The molecule has 5 heteroatoms. The number of hydrogen-bond acceptors (Lipinski definition) is 3. The smallest absolute Gasteiger partial charge is 0.293 e. The molecule has 0 aliphatic carbocycles. The zero-order chi connectivity index (χ0) is 20.9. The highest BCUT2D eigenvalue weighted by molar-refractivity contribution is 6.15. The van der Waals surface area contributed by atoms with Crippen LogP contribution in [0.4, 0.5) is 11.4 Å². The molecule has 0 aliphatic heterocycles. The summed E-state index contributed by atoms with van der Waals surface area (Å²) in [6.07, 6.45) is 0.636. The quantitative estimate of drug-likeness (QED) is 0.430. The summed E-state index contributed by atoms with van der Waals surface area (Å²) in [5, 5.41) is 6.47. The Bertz CT molecular complexity index is 1170. The Hall–Kier alpha value is -3.86. The summed E-state index contributed by atoms with van der Waals surface area (Å²) in [7, 11) is 0. The average molecular weight is 398 g/mol. The highest BCUT2D eigenvalue weighted by Crippen LogP contribution is 2.33. The lowest BCUT2D eigenvalue weighted by Crippen LogP contribution is -2.22. The van der Waals surface area contributed by atoms with Crippen molar-refractivity contribution < 1.29 is 14.0 Å². The maximum Gasteiger partial charge on any atom is 0.293 e. The Kier molecular flexibility index (Phi) is 5.61. The van der Waals surface area contributed by atoms with Crippen LogP contribution in [0.15, 0.2) is 89.3 Å². The van der Waals surface area contributed by atoms with Gasteiger partial charge in [0.2, 0.25) is 11.7 Å². The molecule has 4 aromatic rings. The van der Waals surface area contributed by atoms with E-state index in [-0.39, 0.29) is 17.6 Å². The third-order valence-electron chi connectivity index (χ3n) is 5.01. The van der Waals surface area contributed by atoms with Crippen molar-refractivity contribution in [1.29, 1.82) is 0 Å². The Labute approximate surface area is 174 Å². The molecule has 5 nitrogen and oxygen atoms in total. The van der Waals surface area contributed by atoms with Gasteiger partial charge in [-0.1, -0.05) is 67.6 Å². The van der Waals surface area contributed by atoms with Crippen molar-refractivity contribution in [3.63, 3.8) is 0 Å². The maximum absolute atomic E-state index is 13.1. The minimum Gasteiger partial charge on any atom is -0.449 e. The van der Waals surface area contributed by atoms with Crippen LogP contribution in [0, 0.1) is 0 Å². The zero-order valence-electron chi connectivity index (χ0n) is 16.6. The van der Waals surface area contributed by atoms with Gasteiger partial charge in [-0.3, -0.25) is 9.59 Å². The molecule has 3 aromatic carbocycles. The van der Waals surface area contributed by atoms with Gasteiger partial charge in [0.1, 0.15) is 11.3 Å². The van der Waals surface area contributed by atoms with E-state index < -0.39 is 5.91 Å². The molecule has 4 rings (SSSR count). The molecule has 0 fully saturated rings. The largest absolute Gasteiger partial charge is 0.449 e. The topological polar surface area (TPSA) is 71.3 Å². The fourth-order valence-electron chi connectivity index (χ4n) is 3.51. The van der Waals surface area contributed by atoms with Gasteiger partial charge < -0.3 is 15.1 Å². The summed E-state index contributed by atoms with van der Waals surface area (Å²) in [6.45, 7) is 1.97. The summed E-state index contributed by atoms with van der Waals surface area (Å²) >= 11 is 0. The first-order valence-corrected chi connectivity index (χ1v) is 9.91. The van der Waals surface area contributed by atoms with Gasteiger partial charge in [-0.2, -0.15) is 0 Å². The summed E-state index contributed by atoms with van der Waals surface area (Å²) in [4.78, 5) is 26.1. The Morgan fingerprint density at radius 3 is 2.17 bits per heavy atom. The lowest BCUT2D eigenvalue weighted by atomic mass is 9.95. The highest BCUT2D eigenvalue weighted by atomic mass is 16.3. The molecule has 2 N–H and O–H groups in total. The van der Waals surface area contributed by atoms with Gasteiger partial charge in [0.05, 0.1) is 5.92 Å². The second kappa shape index (κ2) is 8.66. The SMILES string of the molecule is CC[C@H](C(=O)Nc1c(C(=O)Nc2ccccc2)oc2ccccc12)c1ccccc1. The lowest BCUT2D eigenvalue weighted by molar-refractivity contribution is -0.117. The van der Waals surface area contributed by atoms with Crippen molar-refractivity contribution in [2.45, 2.75) is 19.3 Å². The molecular weight excluding hydrogens is 376 g/mol. The fourth-order valence-corrected chi connectivity index (χ4v) is 3.51. The van der Waals surface area contributed by atoms with E-state index in [0.717, 1.165) is 5.56 Å². The standard InChI is InChI=1S/C25H22N2O3/c1-2-19(17-11-5-3-6-12-17)24(28)27-22-20-15-9-10-16-21(20)30-23(22)25(29)26-18-13-7-4-8-14-18/h3-16,19H,2H2,1H3,(H,26,29)(H,27,28)/t19-/m0/s1. The molecule has 0 aliphatic rings. The zero-order valence-corrected chi connectivity index (χ0v) is 16.6. The number of nitrogens with one attached hydrogen (secondary N) is 2. The molecule has 0 bridgehead atoms. The Morgan fingerprint density at radius 2 is 1.47 bits per heavy atom. The van der Waals surface area contributed by atoms with Gasteiger partial charge in [0, 0.05) is 11.1 Å². The van der Waals surface area contributed by atoms with E-state index in [9.17, 15) is 9.59 Å². The number of carbonyl (C=O) groups excluding carboxylic acids is 2. The molecule has 1 heterocycles. The van der Waals surface area contributed by atoms with Crippen molar-refractivity contribution in [3.05, 3.63) is 96.3 Å². The van der Waals surface area contributed by atoms with Crippen LogP contribution >= 0.6 is 0 Å². The van der Waals surface area contributed by atoms with E-state index >= 15 is 0 Å². The van der Waals surface area contributed by atoms with Crippen LogP contribution in [-0.2, 0) is 4.79 Å². The number of benzene rings is 3. The monoisotopic (exact) mass is 398 g/mol. The maximum atomic E-state index is 13.1. The van der Waals surface area contributed by atoms with Crippen LogP contribution in [0.1, 0.15) is 35.4 Å². The normalized spacial score (nSPS) is 11.8. The molecule has 2 amide bonds. The number of furan rings is 1. The number of hydrogen-bond donors (Lipinski definition) is 2. The van der Waals surface area contributed by atoms with Crippen molar-refractivity contribution in [2.75, 3.05) is 10.6 Å². The number of rotatable bonds is 6. The number of fused-ring (bicyclic) bond motifs is 1. The van der Waals surface area contributed by atoms with Gasteiger partial charge >= 0.3 is 0 Å². The summed E-state index contributed by atoms with van der Waals surface area (Å²) in [5.41, 5.74) is 2.51. The third kappa shape index (κ3) is 3.96. The first kappa shape index (κ1) is 19.5. The van der Waals surface area contributed by atoms with Crippen molar-refractivity contribution >= 4 is 34.2 Å². The Balaban J connectivity index is 1.68. The highest BCUT2D eigenvalue weighted by Gasteiger charge is 2.25. The van der Waals surface area contributed by atoms with Gasteiger partial charge in [0.25, 0.3) is 5.91 Å². The van der Waals surface area contributed by atoms with E-state index in [1.54, 1.807) is 18.2 Å². The minimum absolute atomic E-state index is 0.0799. The third-order valence-corrected chi connectivity index (χ3v) is 5.01. The Morgan fingerprint density at radius 1 is 0.833 bits per heavy atom. The van der Waals surface area contributed by atoms with Crippen LogP contribution in [0.25, 0.3) is 11.0 Å². The molecule has 0 spiro atoms. The minimum atomic E-state index is -0.416. The molecule has 1 atom stereocenters. The lowest BCUT2D eigenvalue weighted by Gasteiger charge is -2.15. The van der Waals surface area contributed by atoms with Crippen LogP contribution in [0.5, 0.6) is 0 Å². The molecule has 0 unspecified atom stereocenters. The van der Waals surface area contributed by atoms with Crippen molar-refractivity contribution in [2.24, 2.45) is 0 Å². The molecule has 150 valence electrons. The average Bonchev–Trinajstić information content (AvgIpc) is 3.14. The number of para-hydroxylation sites is 2. The van der Waals surface area contributed by atoms with E-state index in [0.29, 0.717) is 28.8 Å². The van der Waals surface area contributed by atoms with Crippen LogP contribution < -0.4 is 10.6 Å². The van der Waals surface area contributed by atoms with Crippen molar-refractivity contribution in [3.8, 4) is 0 Å². The van der Waals surface area contributed by atoms with Gasteiger partial charge in [-0.05, 0) is 36.2 Å². The second-order valence-corrected chi connectivity index (χ2v) is 6.98. The molecule has 30 heavy (non-hydrogen) atoms. The number of carbonyl (C=O) groups is 2.